The van der Waals surface area contributed by atoms with Gasteiger partial charge in [-0.3, -0.25) is 4.79 Å². The molecule has 0 aliphatic rings. The zero-order chi connectivity index (χ0) is 18.4. The number of oxazole rings is 1. The number of carbonyl (C=O) groups is 1. The fourth-order valence-corrected chi connectivity index (χ4v) is 2.25. The summed E-state index contributed by atoms with van der Waals surface area (Å²) in [5.74, 6) is 1.52. The van der Waals surface area contributed by atoms with Gasteiger partial charge in [-0.2, -0.15) is 0 Å². The number of benzene rings is 1. The fourth-order valence-electron chi connectivity index (χ4n) is 2.25. The second kappa shape index (κ2) is 8.39. The molecule has 0 spiro atoms. The van der Waals surface area contributed by atoms with Gasteiger partial charge in [0.05, 0.1) is 27.4 Å². The summed E-state index contributed by atoms with van der Waals surface area (Å²) in [7, 11) is 4.60. The number of aromatic nitrogens is 1. The van der Waals surface area contributed by atoms with Crippen LogP contribution in [0.5, 0.6) is 17.2 Å². The van der Waals surface area contributed by atoms with Crippen molar-refractivity contribution >= 4 is 5.91 Å². The van der Waals surface area contributed by atoms with E-state index in [1.807, 2.05) is 6.92 Å². The Labute approximate surface area is 146 Å². The van der Waals surface area contributed by atoms with E-state index >= 15 is 0 Å². The number of rotatable bonds is 8. The highest BCUT2D eigenvalue weighted by atomic mass is 16.5. The highest BCUT2D eigenvalue weighted by Gasteiger charge is 2.17. The molecule has 25 heavy (non-hydrogen) atoms. The number of nitrogens with zero attached hydrogens (tertiary/aromatic N) is 1. The molecule has 8 heteroatoms. The molecule has 1 aromatic heterocycles. The summed E-state index contributed by atoms with van der Waals surface area (Å²) < 4.78 is 21.1. The van der Waals surface area contributed by atoms with Gasteiger partial charge in [-0.1, -0.05) is 6.92 Å². The Balaban J connectivity index is 2.10. The van der Waals surface area contributed by atoms with Crippen molar-refractivity contribution in [3.8, 4) is 17.2 Å². The topological polar surface area (TPSA) is 109 Å². The number of hydrogen-bond acceptors (Lipinski definition) is 7. The summed E-state index contributed by atoms with van der Waals surface area (Å²) in [5, 5.41) is 2.77. The van der Waals surface area contributed by atoms with Crippen molar-refractivity contribution in [3.05, 3.63) is 35.5 Å². The van der Waals surface area contributed by atoms with Gasteiger partial charge in [0.1, 0.15) is 6.26 Å². The minimum Gasteiger partial charge on any atom is -0.493 e. The van der Waals surface area contributed by atoms with Crippen LogP contribution in [0, 0.1) is 0 Å². The molecule has 0 radical (unpaired) electrons. The molecule has 0 aliphatic heterocycles. The first-order valence-corrected chi connectivity index (χ1v) is 7.82. The van der Waals surface area contributed by atoms with Gasteiger partial charge < -0.3 is 29.7 Å². The summed E-state index contributed by atoms with van der Waals surface area (Å²) in [4.78, 5) is 16.3. The molecule has 3 N–H and O–H groups in total. The van der Waals surface area contributed by atoms with E-state index < -0.39 is 0 Å². The number of ether oxygens (including phenoxy) is 3. The van der Waals surface area contributed by atoms with Gasteiger partial charge in [-0.25, -0.2) is 4.98 Å². The third-order valence-electron chi connectivity index (χ3n) is 3.69. The van der Waals surface area contributed by atoms with Crippen LogP contribution in [-0.2, 0) is 6.54 Å². The summed E-state index contributed by atoms with van der Waals surface area (Å²) in [6.07, 6.45) is 1.97. The third-order valence-corrected chi connectivity index (χ3v) is 3.69. The maximum Gasteiger partial charge on any atom is 0.273 e. The van der Waals surface area contributed by atoms with Crippen LogP contribution in [-0.4, -0.2) is 32.2 Å². The lowest BCUT2D eigenvalue weighted by Gasteiger charge is -2.14. The third kappa shape index (κ3) is 4.21. The average Bonchev–Trinajstić information content (AvgIpc) is 3.14. The molecular formula is C17H23N3O5. The van der Waals surface area contributed by atoms with Gasteiger partial charge in [0.25, 0.3) is 5.91 Å². The monoisotopic (exact) mass is 349 g/mol. The quantitative estimate of drug-likeness (QED) is 0.750. The molecule has 1 atom stereocenters. The highest BCUT2D eigenvalue weighted by molar-refractivity contribution is 5.91. The van der Waals surface area contributed by atoms with Crippen LogP contribution in [0.2, 0.25) is 0 Å². The number of nitrogens with one attached hydrogen (secondary N) is 1. The molecule has 8 nitrogen and oxygen atoms in total. The molecule has 0 saturated carbocycles. The Morgan fingerprint density at radius 2 is 1.88 bits per heavy atom. The van der Waals surface area contributed by atoms with E-state index in [4.69, 9.17) is 24.4 Å². The zero-order valence-electron chi connectivity index (χ0n) is 14.8. The molecule has 2 aromatic rings. The summed E-state index contributed by atoms with van der Waals surface area (Å²) in [6, 6.07) is 3.21. The molecule has 0 fully saturated rings. The number of methoxy groups -OCH3 is 3. The Bertz CT molecular complexity index is 704. The molecule has 0 bridgehead atoms. The van der Waals surface area contributed by atoms with Crippen LogP contribution in [0.1, 0.15) is 41.3 Å². The first kappa shape index (κ1) is 18.6. The SMILES string of the molecule is CCC(N)c1nc(C(=O)NCc2cc(OC)c(OC)c(OC)c2)co1. The van der Waals surface area contributed by atoms with Crippen molar-refractivity contribution < 1.29 is 23.4 Å². The largest absolute Gasteiger partial charge is 0.493 e. The lowest BCUT2D eigenvalue weighted by Crippen LogP contribution is -2.23. The van der Waals surface area contributed by atoms with E-state index in [0.717, 1.165) is 5.56 Å². The maximum absolute atomic E-state index is 12.2. The van der Waals surface area contributed by atoms with Gasteiger partial charge in [0, 0.05) is 6.54 Å². The van der Waals surface area contributed by atoms with E-state index in [-0.39, 0.29) is 24.2 Å². The van der Waals surface area contributed by atoms with Gasteiger partial charge in [-0.05, 0) is 24.1 Å². The first-order chi connectivity index (χ1) is 12.0. The van der Waals surface area contributed by atoms with Gasteiger partial charge in [0.2, 0.25) is 11.6 Å². The van der Waals surface area contributed by atoms with Crippen molar-refractivity contribution in [1.82, 2.24) is 10.3 Å². The Kier molecular flexibility index (Phi) is 6.24. The number of hydrogen-bond donors (Lipinski definition) is 2. The van der Waals surface area contributed by atoms with Crippen LogP contribution in [0.25, 0.3) is 0 Å². The second-order valence-corrected chi connectivity index (χ2v) is 5.30. The molecule has 0 aliphatic carbocycles. The second-order valence-electron chi connectivity index (χ2n) is 5.30. The van der Waals surface area contributed by atoms with E-state index in [1.54, 1.807) is 12.1 Å². The van der Waals surface area contributed by atoms with Gasteiger partial charge in [0.15, 0.2) is 17.2 Å². The maximum atomic E-state index is 12.2. The van der Waals surface area contributed by atoms with E-state index in [0.29, 0.717) is 29.6 Å². The summed E-state index contributed by atoms with van der Waals surface area (Å²) in [5.41, 5.74) is 6.81. The predicted molar refractivity (Wildman–Crippen MR) is 91.0 cm³/mol. The number of nitrogens with two attached hydrogens (primary N) is 1. The van der Waals surface area contributed by atoms with Crippen molar-refractivity contribution in [2.75, 3.05) is 21.3 Å². The zero-order valence-corrected chi connectivity index (χ0v) is 14.8. The first-order valence-electron chi connectivity index (χ1n) is 7.82. The fraction of sp³-hybridized carbons (Fsp3) is 0.412. The average molecular weight is 349 g/mol. The van der Waals surface area contributed by atoms with Gasteiger partial charge in [-0.15, -0.1) is 0 Å². The smallest absolute Gasteiger partial charge is 0.273 e. The molecule has 2 rings (SSSR count). The van der Waals surface area contributed by atoms with Crippen LogP contribution in [0.15, 0.2) is 22.8 Å². The van der Waals surface area contributed by atoms with Gasteiger partial charge >= 0.3 is 0 Å². The lowest BCUT2D eigenvalue weighted by molar-refractivity contribution is 0.0945. The minimum atomic E-state index is -0.355. The van der Waals surface area contributed by atoms with Crippen molar-refractivity contribution in [3.63, 3.8) is 0 Å². The van der Waals surface area contributed by atoms with Crippen molar-refractivity contribution in [2.45, 2.75) is 25.9 Å². The van der Waals surface area contributed by atoms with Crippen LogP contribution < -0.4 is 25.3 Å². The number of carbonyl (C=O) groups excluding carboxylic acids is 1. The Morgan fingerprint density at radius 3 is 2.40 bits per heavy atom. The number of amides is 1. The van der Waals surface area contributed by atoms with Crippen molar-refractivity contribution in [1.29, 1.82) is 0 Å². The Morgan fingerprint density at radius 1 is 1.24 bits per heavy atom. The van der Waals surface area contributed by atoms with Crippen LogP contribution in [0.4, 0.5) is 0 Å². The molecule has 0 saturated heterocycles. The predicted octanol–water partition coefficient (Wildman–Crippen LogP) is 2.04. The standard InChI is InChI=1S/C17H23N3O5/c1-5-11(18)17-20-12(9-25-17)16(21)19-8-10-6-13(22-2)15(24-4)14(7-10)23-3/h6-7,9,11H,5,8,18H2,1-4H3,(H,19,21). The molecule has 1 heterocycles. The normalized spacial score (nSPS) is 11.7. The lowest BCUT2D eigenvalue weighted by atomic mass is 10.1. The van der Waals surface area contributed by atoms with Crippen LogP contribution in [0.3, 0.4) is 0 Å². The molecular weight excluding hydrogens is 326 g/mol. The Hall–Kier alpha value is -2.74. The summed E-state index contributed by atoms with van der Waals surface area (Å²) in [6.45, 7) is 2.18. The van der Waals surface area contributed by atoms with E-state index in [2.05, 4.69) is 10.3 Å². The molecule has 1 aromatic carbocycles. The molecule has 136 valence electrons. The van der Waals surface area contributed by atoms with Crippen LogP contribution >= 0.6 is 0 Å². The van der Waals surface area contributed by atoms with E-state index in [1.165, 1.54) is 27.6 Å². The minimum absolute atomic E-state index is 0.186. The van der Waals surface area contributed by atoms with E-state index in [9.17, 15) is 4.79 Å². The highest BCUT2D eigenvalue weighted by Crippen LogP contribution is 2.38. The summed E-state index contributed by atoms with van der Waals surface area (Å²) >= 11 is 0. The molecule has 1 unspecified atom stereocenters. The molecule has 1 amide bonds. The van der Waals surface area contributed by atoms with Crippen molar-refractivity contribution in [2.24, 2.45) is 5.73 Å².